The van der Waals surface area contributed by atoms with Crippen LogP contribution in [0.2, 0.25) is 5.15 Å². The number of rotatable bonds is 4. The number of anilines is 1. The molecule has 100 valence electrons. The molecule has 0 fully saturated rings. The molecule has 0 aromatic carbocycles. The number of amides is 1. The van der Waals surface area contributed by atoms with E-state index in [-0.39, 0.29) is 5.15 Å². The molecule has 18 heavy (non-hydrogen) atoms. The number of nitrogens with zero attached hydrogens (tertiary/aromatic N) is 1. The summed E-state index contributed by atoms with van der Waals surface area (Å²) in [4.78, 5) is 15.0. The number of carbonyl (C=O) groups excluding carboxylic acids is 1. The third-order valence-corrected chi connectivity index (χ3v) is 2.82. The van der Waals surface area contributed by atoms with Crippen LogP contribution in [-0.4, -0.2) is 30.2 Å². The normalized spacial score (nSPS) is 11.4. The maximum atomic E-state index is 11.8. The van der Waals surface area contributed by atoms with E-state index >= 15 is 0 Å². The molecular weight excluding hydrogens is 338 g/mol. The molecule has 0 bridgehead atoms. The van der Waals surface area contributed by atoms with Crippen LogP contribution in [0.5, 0.6) is 0 Å². The average molecular weight is 347 g/mol. The fourth-order valence-electron chi connectivity index (χ4n) is 1.01. The minimum atomic E-state index is -4.34. The molecule has 0 aliphatic heterocycles. The second-order valence-electron chi connectivity index (χ2n) is 3.26. The van der Waals surface area contributed by atoms with E-state index in [1.165, 1.54) is 12.3 Å². The molecule has 0 saturated carbocycles. The predicted octanol–water partition coefficient (Wildman–Crippen LogP) is 2.59. The van der Waals surface area contributed by atoms with Crippen molar-refractivity contribution in [2.45, 2.75) is 6.18 Å². The Balaban J connectivity index is 2.42. The lowest BCUT2D eigenvalue weighted by Gasteiger charge is -2.09. The highest BCUT2D eigenvalue weighted by Crippen LogP contribution is 2.22. The van der Waals surface area contributed by atoms with Crippen LogP contribution in [-0.2, 0) is 4.79 Å². The number of hydrogen-bond acceptors (Lipinski definition) is 3. The Hall–Kier alpha value is -0.860. The third-order valence-electron chi connectivity index (χ3n) is 1.69. The zero-order chi connectivity index (χ0) is 13.8. The van der Waals surface area contributed by atoms with Crippen molar-refractivity contribution < 1.29 is 18.0 Å². The molecular formula is C9H8BrClF3N3O. The Kier molecular flexibility index (Phi) is 5.36. The van der Waals surface area contributed by atoms with Gasteiger partial charge in [-0.1, -0.05) is 11.6 Å². The molecule has 0 unspecified atom stereocenters. The molecule has 4 nitrogen and oxygen atoms in total. The summed E-state index contributed by atoms with van der Waals surface area (Å²) in [7, 11) is 0. The number of nitrogens with one attached hydrogen (secondary N) is 2. The molecule has 2 N–H and O–H groups in total. The van der Waals surface area contributed by atoms with Gasteiger partial charge >= 0.3 is 6.18 Å². The fourth-order valence-corrected chi connectivity index (χ4v) is 1.46. The van der Waals surface area contributed by atoms with Crippen LogP contribution < -0.4 is 10.6 Å². The van der Waals surface area contributed by atoms with Crippen LogP contribution in [0, 0.1) is 0 Å². The lowest BCUT2D eigenvalue weighted by molar-refractivity contribution is -0.126. The molecule has 1 rings (SSSR count). The summed E-state index contributed by atoms with van der Waals surface area (Å²) >= 11 is 8.75. The van der Waals surface area contributed by atoms with Crippen molar-refractivity contribution in [3.8, 4) is 0 Å². The summed E-state index contributed by atoms with van der Waals surface area (Å²) in [5.74, 6) is -0.602. The molecule has 0 radical (unpaired) electrons. The second-order valence-corrected chi connectivity index (χ2v) is 4.48. The van der Waals surface area contributed by atoms with Gasteiger partial charge in [0.2, 0.25) is 5.91 Å². The van der Waals surface area contributed by atoms with Gasteiger partial charge < -0.3 is 10.6 Å². The van der Waals surface area contributed by atoms with Gasteiger partial charge in [0, 0.05) is 0 Å². The Labute approximate surface area is 114 Å². The molecule has 0 spiro atoms. The first-order valence-electron chi connectivity index (χ1n) is 4.66. The van der Waals surface area contributed by atoms with Crippen molar-refractivity contribution in [1.29, 1.82) is 0 Å². The first-order chi connectivity index (χ1) is 8.28. The van der Waals surface area contributed by atoms with E-state index < -0.39 is 25.2 Å². The number of halogens is 5. The van der Waals surface area contributed by atoms with Gasteiger partial charge in [0.15, 0.2) is 0 Å². The molecule has 0 aliphatic carbocycles. The first-order valence-corrected chi connectivity index (χ1v) is 5.83. The highest BCUT2D eigenvalue weighted by molar-refractivity contribution is 9.10. The monoisotopic (exact) mass is 345 g/mol. The van der Waals surface area contributed by atoms with Crippen molar-refractivity contribution in [2.75, 3.05) is 18.4 Å². The minimum Gasteiger partial charge on any atom is -0.324 e. The maximum Gasteiger partial charge on any atom is 0.401 e. The number of carbonyl (C=O) groups is 1. The van der Waals surface area contributed by atoms with E-state index in [9.17, 15) is 18.0 Å². The second kappa shape index (κ2) is 6.35. The first kappa shape index (κ1) is 15.2. The van der Waals surface area contributed by atoms with Crippen LogP contribution in [0.3, 0.4) is 0 Å². The summed E-state index contributed by atoms with van der Waals surface area (Å²) in [6.07, 6.45) is -3.04. The van der Waals surface area contributed by atoms with E-state index in [4.69, 9.17) is 11.6 Å². The topological polar surface area (TPSA) is 54.0 Å². The Morgan fingerprint density at radius 2 is 2.17 bits per heavy atom. The minimum absolute atomic E-state index is 0.225. The van der Waals surface area contributed by atoms with E-state index in [1.54, 1.807) is 0 Å². The quantitative estimate of drug-likeness (QED) is 0.824. The van der Waals surface area contributed by atoms with E-state index in [2.05, 4.69) is 26.2 Å². The van der Waals surface area contributed by atoms with Crippen LogP contribution in [0.25, 0.3) is 0 Å². The largest absolute Gasteiger partial charge is 0.401 e. The van der Waals surface area contributed by atoms with Crippen molar-refractivity contribution >= 4 is 39.1 Å². The van der Waals surface area contributed by atoms with Crippen LogP contribution in [0.1, 0.15) is 0 Å². The van der Waals surface area contributed by atoms with Gasteiger partial charge in [0.05, 0.1) is 29.4 Å². The van der Waals surface area contributed by atoms with Gasteiger partial charge in [-0.2, -0.15) is 13.2 Å². The SMILES string of the molecule is O=C(CNCC(F)(F)F)Nc1cnc(Cl)c(Br)c1. The molecule has 9 heteroatoms. The average Bonchev–Trinajstić information content (AvgIpc) is 2.21. The lowest BCUT2D eigenvalue weighted by Crippen LogP contribution is -2.35. The van der Waals surface area contributed by atoms with Crippen LogP contribution >= 0.6 is 27.5 Å². The van der Waals surface area contributed by atoms with Gasteiger partial charge in [-0.15, -0.1) is 0 Å². The van der Waals surface area contributed by atoms with Crippen molar-refractivity contribution in [1.82, 2.24) is 10.3 Å². The molecule has 0 saturated heterocycles. The summed E-state index contributed by atoms with van der Waals surface area (Å²) < 4.78 is 35.9. The number of aromatic nitrogens is 1. The van der Waals surface area contributed by atoms with E-state index in [1.807, 2.05) is 5.32 Å². The summed E-state index contributed by atoms with van der Waals surface area (Å²) in [6, 6.07) is 1.50. The molecule has 1 amide bonds. The fraction of sp³-hybridized carbons (Fsp3) is 0.333. The molecule has 1 aromatic heterocycles. The summed E-state index contributed by atoms with van der Waals surface area (Å²) in [5, 5.41) is 4.58. The smallest absolute Gasteiger partial charge is 0.324 e. The van der Waals surface area contributed by atoms with Crippen molar-refractivity contribution in [3.05, 3.63) is 21.9 Å². The van der Waals surface area contributed by atoms with Gasteiger partial charge in [0.1, 0.15) is 5.15 Å². The van der Waals surface area contributed by atoms with E-state index in [0.717, 1.165) is 0 Å². The predicted molar refractivity (Wildman–Crippen MR) is 64.5 cm³/mol. The standard InChI is InChI=1S/C9H8BrClF3N3O/c10-6-1-5(2-16-8(6)11)17-7(18)3-15-4-9(12,13)14/h1-2,15H,3-4H2,(H,17,18). The Morgan fingerprint density at radius 1 is 1.50 bits per heavy atom. The Bertz CT molecular complexity index is 442. The summed E-state index contributed by atoms with van der Waals surface area (Å²) in [5.41, 5.74) is 0.338. The molecule has 0 atom stereocenters. The lowest BCUT2D eigenvalue weighted by atomic mass is 10.4. The van der Waals surface area contributed by atoms with Crippen LogP contribution in [0.15, 0.2) is 16.7 Å². The number of pyridine rings is 1. The van der Waals surface area contributed by atoms with Gasteiger partial charge in [-0.3, -0.25) is 4.79 Å². The molecule has 1 aromatic rings. The highest BCUT2D eigenvalue weighted by Gasteiger charge is 2.26. The molecule has 0 aliphatic rings. The van der Waals surface area contributed by atoms with Crippen LogP contribution in [0.4, 0.5) is 18.9 Å². The summed E-state index contributed by atoms with van der Waals surface area (Å²) in [6.45, 7) is -1.66. The van der Waals surface area contributed by atoms with Gasteiger partial charge in [-0.25, -0.2) is 4.98 Å². The highest BCUT2D eigenvalue weighted by atomic mass is 79.9. The van der Waals surface area contributed by atoms with Crippen molar-refractivity contribution in [2.24, 2.45) is 0 Å². The zero-order valence-corrected chi connectivity index (χ0v) is 11.2. The maximum absolute atomic E-state index is 11.8. The molecule has 1 heterocycles. The van der Waals surface area contributed by atoms with E-state index in [0.29, 0.717) is 10.2 Å². The zero-order valence-electron chi connectivity index (χ0n) is 8.81. The number of alkyl halides is 3. The third kappa shape index (κ3) is 5.65. The van der Waals surface area contributed by atoms with Gasteiger partial charge in [-0.05, 0) is 22.0 Å². The van der Waals surface area contributed by atoms with Gasteiger partial charge in [0.25, 0.3) is 0 Å². The van der Waals surface area contributed by atoms with Crippen molar-refractivity contribution in [3.63, 3.8) is 0 Å². The Morgan fingerprint density at radius 3 is 2.72 bits per heavy atom. The number of hydrogen-bond donors (Lipinski definition) is 2.